The van der Waals surface area contributed by atoms with Crippen molar-refractivity contribution in [3.05, 3.63) is 39.1 Å². The van der Waals surface area contributed by atoms with Gasteiger partial charge in [0.25, 0.3) is 0 Å². The van der Waals surface area contributed by atoms with Gasteiger partial charge in [-0.1, -0.05) is 40.9 Å². The minimum atomic E-state index is -4.63. The summed E-state index contributed by atoms with van der Waals surface area (Å²) in [6, 6.07) is 3.06. The smallest absolute Gasteiger partial charge is 0.435 e. The van der Waals surface area contributed by atoms with Crippen molar-refractivity contribution < 1.29 is 27.5 Å². The van der Waals surface area contributed by atoms with Crippen LogP contribution >= 0.6 is 15.9 Å². The third kappa shape index (κ3) is 5.53. The predicted octanol–water partition coefficient (Wildman–Crippen LogP) is 5.05. The maximum Gasteiger partial charge on any atom is 0.435 e. The first kappa shape index (κ1) is 27.9. The van der Waals surface area contributed by atoms with Gasteiger partial charge in [0.2, 0.25) is 11.8 Å². The van der Waals surface area contributed by atoms with Crippen molar-refractivity contribution in [2.45, 2.75) is 70.7 Å². The molecular formula is C27H33BrF3N5O3. The van der Waals surface area contributed by atoms with E-state index in [9.17, 15) is 22.8 Å². The van der Waals surface area contributed by atoms with Crippen LogP contribution in [-0.2, 0) is 35.8 Å². The number of hydrogen-bond donors (Lipinski definition) is 0. The summed E-state index contributed by atoms with van der Waals surface area (Å²) < 4.78 is 48.4. The lowest BCUT2D eigenvalue weighted by atomic mass is 9.78. The molecule has 39 heavy (non-hydrogen) atoms. The molecule has 1 saturated heterocycles. The lowest BCUT2D eigenvalue weighted by molar-refractivity contribution is -0.145. The van der Waals surface area contributed by atoms with E-state index in [0.29, 0.717) is 42.9 Å². The van der Waals surface area contributed by atoms with E-state index in [-0.39, 0.29) is 29.3 Å². The van der Waals surface area contributed by atoms with E-state index in [0.717, 1.165) is 47.7 Å². The molecule has 1 saturated carbocycles. The van der Waals surface area contributed by atoms with Gasteiger partial charge in [0, 0.05) is 49.1 Å². The van der Waals surface area contributed by atoms with Gasteiger partial charge in [0.15, 0.2) is 5.69 Å². The number of ether oxygens (including phenoxy) is 1. The molecule has 1 aromatic carbocycles. The highest BCUT2D eigenvalue weighted by Gasteiger charge is 2.42. The Morgan fingerprint density at radius 2 is 1.92 bits per heavy atom. The molecule has 2 fully saturated rings. The van der Waals surface area contributed by atoms with Crippen molar-refractivity contribution in [1.29, 1.82) is 0 Å². The molecule has 3 atom stereocenters. The summed E-state index contributed by atoms with van der Waals surface area (Å²) in [4.78, 5) is 30.3. The number of rotatable bonds is 6. The normalized spacial score (nSPS) is 23.7. The van der Waals surface area contributed by atoms with Crippen LogP contribution in [0.4, 0.5) is 13.2 Å². The Bertz CT molecular complexity index is 1250. The number of carbonyl (C=O) groups excluding carboxylic acids is 2. The molecular weight excluding hydrogens is 579 g/mol. The first-order valence-electron chi connectivity index (χ1n) is 13.5. The summed E-state index contributed by atoms with van der Waals surface area (Å²) in [5.41, 5.74) is 0.410. The number of alkyl halides is 3. The fourth-order valence-electron chi connectivity index (χ4n) is 6.35. The Morgan fingerprint density at radius 3 is 2.62 bits per heavy atom. The fourth-order valence-corrected chi connectivity index (χ4v) is 6.90. The van der Waals surface area contributed by atoms with Gasteiger partial charge in [-0.05, 0) is 49.3 Å². The van der Waals surface area contributed by atoms with Crippen LogP contribution in [0.15, 0.2) is 16.6 Å². The molecule has 1 aromatic heterocycles. The molecule has 212 valence electrons. The molecule has 2 aromatic rings. The zero-order valence-electron chi connectivity index (χ0n) is 22.1. The van der Waals surface area contributed by atoms with Crippen molar-refractivity contribution in [2.75, 3.05) is 19.6 Å². The Balaban J connectivity index is 1.51. The zero-order chi connectivity index (χ0) is 27.9. The number of benzene rings is 1. The van der Waals surface area contributed by atoms with Gasteiger partial charge in [0.05, 0.1) is 6.04 Å². The maximum atomic E-state index is 14.0. The number of carbonyl (C=O) groups is 2. The van der Waals surface area contributed by atoms with Crippen LogP contribution in [-0.4, -0.2) is 56.2 Å². The molecule has 1 aliphatic carbocycles. The highest BCUT2D eigenvalue weighted by Crippen LogP contribution is 2.43. The second-order valence-electron chi connectivity index (χ2n) is 10.8. The molecule has 0 bridgehead atoms. The molecule has 12 heteroatoms. The predicted molar refractivity (Wildman–Crippen MR) is 140 cm³/mol. The first-order valence-corrected chi connectivity index (χ1v) is 14.3. The second-order valence-corrected chi connectivity index (χ2v) is 11.7. The van der Waals surface area contributed by atoms with Crippen LogP contribution in [0.25, 0.3) is 0 Å². The highest BCUT2D eigenvalue weighted by molar-refractivity contribution is 9.10. The number of hydrogen-bond acceptors (Lipinski definition) is 5. The summed E-state index contributed by atoms with van der Waals surface area (Å²) in [5.74, 6) is 0.717. The molecule has 0 radical (unpaired) electrons. The van der Waals surface area contributed by atoms with Crippen LogP contribution in [0.1, 0.15) is 74.0 Å². The molecule has 3 aliphatic rings. The Kier molecular flexibility index (Phi) is 7.94. The number of amides is 2. The summed E-state index contributed by atoms with van der Waals surface area (Å²) in [6.07, 6.45) is 1.16. The number of nitrogens with zero attached hydrogens (tertiary/aromatic N) is 5. The van der Waals surface area contributed by atoms with Crippen molar-refractivity contribution in [2.24, 2.45) is 18.9 Å². The van der Waals surface area contributed by atoms with Gasteiger partial charge in [-0.25, -0.2) is 4.68 Å². The molecule has 0 spiro atoms. The van der Waals surface area contributed by atoms with Gasteiger partial charge in [0.1, 0.15) is 18.1 Å². The van der Waals surface area contributed by atoms with Crippen molar-refractivity contribution in [1.82, 2.24) is 24.8 Å². The third-order valence-corrected chi connectivity index (χ3v) is 9.12. The van der Waals surface area contributed by atoms with E-state index in [1.54, 1.807) is 11.0 Å². The van der Waals surface area contributed by atoms with E-state index < -0.39 is 24.5 Å². The number of fused-ring (bicyclic) bond motifs is 1. The quantitative estimate of drug-likeness (QED) is 0.457. The van der Waals surface area contributed by atoms with Crippen molar-refractivity contribution in [3.8, 4) is 5.75 Å². The first-order chi connectivity index (χ1) is 18.6. The molecule has 5 rings (SSSR count). The number of likely N-dealkylation sites (tertiary alicyclic amines) is 1. The summed E-state index contributed by atoms with van der Waals surface area (Å²) in [7, 11) is 1.19. The van der Waals surface area contributed by atoms with Crippen LogP contribution in [0, 0.1) is 11.8 Å². The van der Waals surface area contributed by atoms with Crippen LogP contribution in [0.3, 0.4) is 0 Å². The maximum absolute atomic E-state index is 14.0. The van der Waals surface area contributed by atoms with Crippen LogP contribution < -0.4 is 4.74 Å². The standard InChI is InChI=1S/C27H33BrF3N5O3/c1-16-6-3-4-7-17(16)26(38)36-13-11-18-19(28)9-10-22(24(18)21(36)14-35-12-5-8-23(35)37)39-15-20-25(27(29,30)31)34(2)33-32-20/h9-10,16-17,21H,3-8,11-15H2,1-2H3/t16-,17+,21+/m0/s1. The van der Waals surface area contributed by atoms with Crippen LogP contribution in [0.2, 0.25) is 0 Å². The third-order valence-electron chi connectivity index (χ3n) is 8.38. The molecule has 2 aliphatic heterocycles. The summed E-state index contributed by atoms with van der Waals surface area (Å²) >= 11 is 3.63. The molecule has 8 nitrogen and oxygen atoms in total. The summed E-state index contributed by atoms with van der Waals surface area (Å²) in [6.45, 7) is 3.14. The second kappa shape index (κ2) is 11.1. The molecule has 3 heterocycles. The Labute approximate surface area is 234 Å². The number of aromatic nitrogens is 3. The van der Waals surface area contributed by atoms with Gasteiger partial charge in [-0.2, -0.15) is 13.2 Å². The van der Waals surface area contributed by atoms with E-state index in [1.807, 2.05) is 11.0 Å². The van der Waals surface area contributed by atoms with E-state index in [1.165, 1.54) is 7.05 Å². The van der Waals surface area contributed by atoms with E-state index >= 15 is 0 Å². The highest BCUT2D eigenvalue weighted by atomic mass is 79.9. The average Bonchev–Trinajstić information content (AvgIpc) is 3.48. The molecule has 0 N–H and O–H groups in total. The SMILES string of the molecule is C[C@H]1CCCC[C@H]1C(=O)N1CCc2c(Br)ccc(OCc3nnn(C)c3C(F)(F)F)c2[C@H]1CN1CCCC1=O. The van der Waals surface area contributed by atoms with Gasteiger partial charge in [-0.15, -0.1) is 5.10 Å². The van der Waals surface area contributed by atoms with Crippen molar-refractivity contribution >= 4 is 27.7 Å². The lowest BCUT2D eigenvalue weighted by Crippen LogP contribution is -2.49. The van der Waals surface area contributed by atoms with E-state index in [2.05, 4.69) is 33.2 Å². The molecule has 0 unspecified atom stereocenters. The minimum absolute atomic E-state index is 0.0485. The van der Waals surface area contributed by atoms with E-state index in [4.69, 9.17) is 4.74 Å². The summed E-state index contributed by atoms with van der Waals surface area (Å²) in [5, 5.41) is 7.24. The monoisotopic (exact) mass is 611 g/mol. The average molecular weight is 612 g/mol. The van der Waals surface area contributed by atoms with Crippen LogP contribution in [0.5, 0.6) is 5.75 Å². The fraction of sp³-hybridized carbons (Fsp3) is 0.630. The zero-order valence-corrected chi connectivity index (χ0v) is 23.7. The topological polar surface area (TPSA) is 80.6 Å². The Hall–Kier alpha value is -2.63. The number of halogens is 4. The number of aryl methyl sites for hydroxylation is 1. The van der Waals surface area contributed by atoms with Gasteiger partial charge < -0.3 is 14.5 Å². The van der Waals surface area contributed by atoms with Gasteiger partial charge in [-0.3, -0.25) is 9.59 Å². The molecule has 2 amide bonds. The van der Waals surface area contributed by atoms with Gasteiger partial charge >= 0.3 is 6.18 Å². The van der Waals surface area contributed by atoms with Crippen molar-refractivity contribution in [3.63, 3.8) is 0 Å². The lowest BCUT2D eigenvalue weighted by Gasteiger charge is -2.43. The Morgan fingerprint density at radius 1 is 1.15 bits per heavy atom. The largest absolute Gasteiger partial charge is 0.487 e. The minimum Gasteiger partial charge on any atom is -0.487 e.